The number of allylic oxidation sites excluding steroid dienone is 4. The number of hydrazine groups is 1. The van der Waals surface area contributed by atoms with Gasteiger partial charge in [-0.1, -0.05) is 30.7 Å². The van der Waals surface area contributed by atoms with Crippen molar-refractivity contribution >= 4 is 5.91 Å². The van der Waals surface area contributed by atoms with Crippen molar-refractivity contribution in [3.05, 3.63) is 35.6 Å². The van der Waals surface area contributed by atoms with Crippen molar-refractivity contribution in [2.75, 3.05) is 0 Å². The maximum absolute atomic E-state index is 11.0. The molecule has 2 atom stereocenters. The minimum atomic E-state index is -0.373. The lowest BCUT2D eigenvalue weighted by atomic mass is 9.82. The van der Waals surface area contributed by atoms with Crippen LogP contribution >= 0.6 is 0 Å². The molecule has 4 heteroatoms. The predicted octanol–water partition coefficient (Wildman–Crippen LogP) is 0.587. The first-order valence-electron chi connectivity index (χ1n) is 4.89. The van der Waals surface area contributed by atoms with Gasteiger partial charge >= 0.3 is 0 Å². The molecule has 0 saturated heterocycles. The van der Waals surface area contributed by atoms with Crippen LogP contribution in [0.4, 0.5) is 0 Å². The van der Waals surface area contributed by atoms with Gasteiger partial charge in [-0.05, 0) is 12.8 Å². The number of hydrogen-bond donors (Lipinski definition) is 3. The number of amides is 1. The SMILES string of the molecule is CC1=CC=CC(C)C1C(N)=CC(=O)NN. The van der Waals surface area contributed by atoms with Crippen molar-refractivity contribution in [3.8, 4) is 0 Å². The first kappa shape index (κ1) is 11.5. The molecule has 4 nitrogen and oxygen atoms in total. The smallest absolute Gasteiger partial charge is 0.259 e. The Balaban J connectivity index is 2.88. The first-order chi connectivity index (χ1) is 7.06. The van der Waals surface area contributed by atoms with Gasteiger partial charge in [-0.25, -0.2) is 5.84 Å². The lowest BCUT2D eigenvalue weighted by Crippen LogP contribution is -2.30. The Morgan fingerprint density at radius 2 is 2.27 bits per heavy atom. The van der Waals surface area contributed by atoms with Crippen LogP contribution in [-0.2, 0) is 4.79 Å². The van der Waals surface area contributed by atoms with E-state index < -0.39 is 0 Å². The van der Waals surface area contributed by atoms with Crippen molar-refractivity contribution in [1.82, 2.24) is 5.43 Å². The average Bonchev–Trinajstić information content (AvgIpc) is 2.17. The molecule has 0 aromatic heterocycles. The molecule has 0 saturated carbocycles. The normalized spacial score (nSPS) is 26.1. The van der Waals surface area contributed by atoms with E-state index in [-0.39, 0.29) is 11.8 Å². The van der Waals surface area contributed by atoms with Crippen LogP contribution in [0.3, 0.4) is 0 Å². The summed E-state index contributed by atoms with van der Waals surface area (Å²) in [6.07, 6.45) is 7.43. The predicted molar refractivity (Wildman–Crippen MR) is 60.2 cm³/mol. The Morgan fingerprint density at radius 1 is 1.60 bits per heavy atom. The Labute approximate surface area is 89.7 Å². The number of carbonyl (C=O) groups excluding carboxylic acids is 1. The summed E-state index contributed by atoms with van der Waals surface area (Å²) < 4.78 is 0. The van der Waals surface area contributed by atoms with Crippen LogP contribution in [0.1, 0.15) is 13.8 Å². The quantitative estimate of drug-likeness (QED) is 0.268. The van der Waals surface area contributed by atoms with Crippen molar-refractivity contribution in [3.63, 3.8) is 0 Å². The van der Waals surface area contributed by atoms with Crippen LogP contribution in [0.15, 0.2) is 35.6 Å². The fourth-order valence-electron chi connectivity index (χ4n) is 1.86. The van der Waals surface area contributed by atoms with Gasteiger partial charge in [-0.15, -0.1) is 0 Å². The first-order valence-corrected chi connectivity index (χ1v) is 4.89. The number of carbonyl (C=O) groups is 1. The summed E-state index contributed by atoms with van der Waals surface area (Å²) in [6, 6.07) is 0. The molecule has 1 aliphatic carbocycles. The van der Waals surface area contributed by atoms with Crippen LogP contribution in [0.5, 0.6) is 0 Å². The van der Waals surface area contributed by atoms with E-state index in [9.17, 15) is 4.79 Å². The maximum Gasteiger partial charge on any atom is 0.259 e. The Kier molecular flexibility index (Phi) is 3.68. The fraction of sp³-hybridized carbons (Fsp3) is 0.364. The summed E-state index contributed by atoms with van der Waals surface area (Å²) in [4.78, 5) is 11.0. The van der Waals surface area contributed by atoms with Gasteiger partial charge in [-0.3, -0.25) is 10.2 Å². The molecule has 1 amide bonds. The van der Waals surface area contributed by atoms with E-state index in [0.29, 0.717) is 11.6 Å². The molecule has 0 radical (unpaired) electrons. The summed E-state index contributed by atoms with van der Waals surface area (Å²) >= 11 is 0. The third kappa shape index (κ3) is 2.70. The molecule has 15 heavy (non-hydrogen) atoms. The zero-order valence-corrected chi connectivity index (χ0v) is 9.03. The van der Waals surface area contributed by atoms with Crippen LogP contribution in [-0.4, -0.2) is 5.91 Å². The van der Waals surface area contributed by atoms with Gasteiger partial charge in [-0.2, -0.15) is 0 Å². The Bertz CT molecular complexity index is 342. The van der Waals surface area contributed by atoms with Gasteiger partial charge in [0.05, 0.1) is 0 Å². The van der Waals surface area contributed by atoms with E-state index in [1.807, 2.05) is 24.5 Å². The molecule has 82 valence electrons. The summed E-state index contributed by atoms with van der Waals surface area (Å²) in [5.74, 6) is 5.01. The lowest BCUT2D eigenvalue weighted by Gasteiger charge is -2.25. The second-order valence-electron chi connectivity index (χ2n) is 3.79. The topological polar surface area (TPSA) is 81.1 Å². The minimum absolute atomic E-state index is 0.0901. The largest absolute Gasteiger partial charge is 0.401 e. The molecule has 2 unspecified atom stereocenters. The highest BCUT2D eigenvalue weighted by atomic mass is 16.2. The van der Waals surface area contributed by atoms with Crippen LogP contribution < -0.4 is 17.0 Å². The third-order valence-corrected chi connectivity index (χ3v) is 2.59. The number of rotatable bonds is 2. The minimum Gasteiger partial charge on any atom is -0.401 e. The van der Waals surface area contributed by atoms with E-state index in [2.05, 4.69) is 13.0 Å². The van der Waals surface area contributed by atoms with Crippen molar-refractivity contribution in [2.24, 2.45) is 23.4 Å². The van der Waals surface area contributed by atoms with Gasteiger partial charge in [0.1, 0.15) is 0 Å². The number of nitrogens with one attached hydrogen (secondary N) is 1. The Morgan fingerprint density at radius 3 is 2.80 bits per heavy atom. The van der Waals surface area contributed by atoms with E-state index >= 15 is 0 Å². The monoisotopic (exact) mass is 207 g/mol. The zero-order chi connectivity index (χ0) is 11.4. The molecular formula is C11H17N3O. The van der Waals surface area contributed by atoms with Crippen LogP contribution in [0.25, 0.3) is 0 Å². The van der Waals surface area contributed by atoms with Crippen LogP contribution in [0, 0.1) is 11.8 Å². The molecule has 0 heterocycles. The molecule has 0 aromatic carbocycles. The van der Waals surface area contributed by atoms with Crippen molar-refractivity contribution < 1.29 is 4.79 Å². The second kappa shape index (κ2) is 4.79. The second-order valence-corrected chi connectivity index (χ2v) is 3.79. The van der Waals surface area contributed by atoms with Crippen molar-refractivity contribution in [1.29, 1.82) is 0 Å². The molecular weight excluding hydrogens is 190 g/mol. The Hall–Kier alpha value is -1.55. The molecule has 5 N–H and O–H groups in total. The molecule has 0 fully saturated rings. The van der Waals surface area contributed by atoms with E-state index in [0.717, 1.165) is 5.57 Å². The van der Waals surface area contributed by atoms with Gasteiger partial charge < -0.3 is 5.73 Å². The molecule has 0 aromatic rings. The van der Waals surface area contributed by atoms with Gasteiger partial charge in [0.25, 0.3) is 5.91 Å². The third-order valence-electron chi connectivity index (χ3n) is 2.59. The standard InChI is InChI=1S/C11H17N3O/c1-7-4-3-5-8(2)11(7)9(12)6-10(15)14-13/h3-7,11H,12-13H2,1-2H3,(H,14,15). The molecule has 0 spiro atoms. The maximum atomic E-state index is 11.0. The van der Waals surface area contributed by atoms with Gasteiger partial charge in [0.15, 0.2) is 0 Å². The summed E-state index contributed by atoms with van der Waals surface area (Å²) in [5.41, 5.74) is 9.61. The molecule has 1 aliphatic rings. The fourth-order valence-corrected chi connectivity index (χ4v) is 1.86. The zero-order valence-electron chi connectivity index (χ0n) is 9.03. The van der Waals surface area contributed by atoms with Crippen LogP contribution in [0.2, 0.25) is 0 Å². The molecule has 0 bridgehead atoms. The van der Waals surface area contributed by atoms with E-state index in [1.165, 1.54) is 6.08 Å². The van der Waals surface area contributed by atoms with E-state index in [4.69, 9.17) is 11.6 Å². The summed E-state index contributed by atoms with van der Waals surface area (Å²) in [7, 11) is 0. The van der Waals surface area contributed by atoms with Gasteiger partial charge in [0, 0.05) is 17.7 Å². The van der Waals surface area contributed by atoms with E-state index in [1.54, 1.807) is 0 Å². The summed E-state index contributed by atoms with van der Waals surface area (Å²) in [5, 5.41) is 0. The average molecular weight is 207 g/mol. The molecule has 0 aliphatic heterocycles. The highest BCUT2D eigenvalue weighted by Crippen LogP contribution is 2.29. The highest BCUT2D eigenvalue weighted by Gasteiger charge is 2.21. The highest BCUT2D eigenvalue weighted by molar-refractivity contribution is 5.87. The molecule has 1 rings (SSSR count). The van der Waals surface area contributed by atoms with Crippen molar-refractivity contribution in [2.45, 2.75) is 13.8 Å². The summed E-state index contributed by atoms with van der Waals surface area (Å²) in [6.45, 7) is 4.07. The number of nitrogens with two attached hydrogens (primary N) is 2. The number of hydrogen-bond acceptors (Lipinski definition) is 3. The van der Waals surface area contributed by atoms with Gasteiger partial charge in [0.2, 0.25) is 0 Å². The lowest BCUT2D eigenvalue weighted by molar-refractivity contribution is -0.116.